The number of hydrogen-bond donors (Lipinski definition) is 2. The first-order valence-corrected chi connectivity index (χ1v) is 8.35. The number of carbonyl (C=O) groups is 3. The van der Waals surface area contributed by atoms with E-state index in [2.05, 4.69) is 10.6 Å². The lowest BCUT2D eigenvalue weighted by molar-refractivity contribution is -0.119. The summed E-state index contributed by atoms with van der Waals surface area (Å²) < 4.78 is 5.08. The highest BCUT2D eigenvalue weighted by Crippen LogP contribution is 2.16. The predicted octanol–water partition coefficient (Wildman–Crippen LogP) is 2.99. The molecule has 3 rings (SSSR count). The molecule has 0 aliphatic heterocycles. The highest BCUT2D eigenvalue weighted by molar-refractivity contribution is 5.98. The van der Waals surface area contributed by atoms with Crippen LogP contribution in [0.5, 0.6) is 0 Å². The Hall–Kier alpha value is -3.67. The highest BCUT2D eigenvalue weighted by atomic mass is 16.5. The van der Waals surface area contributed by atoms with Crippen LogP contribution in [0.1, 0.15) is 20.7 Å². The fourth-order valence-electron chi connectivity index (χ4n) is 2.58. The maximum atomic E-state index is 12.2. The van der Waals surface area contributed by atoms with Crippen molar-refractivity contribution in [3.8, 4) is 0 Å². The number of benzene rings is 3. The van der Waals surface area contributed by atoms with E-state index in [-0.39, 0.29) is 5.91 Å². The van der Waals surface area contributed by atoms with Crippen molar-refractivity contribution in [3.05, 3.63) is 77.9 Å². The quantitative estimate of drug-likeness (QED) is 0.684. The van der Waals surface area contributed by atoms with E-state index >= 15 is 0 Å². The van der Waals surface area contributed by atoms with Gasteiger partial charge in [-0.05, 0) is 47.2 Å². The summed E-state index contributed by atoms with van der Waals surface area (Å²) in [5, 5.41) is 7.08. The molecule has 0 atom stereocenters. The second kappa shape index (κ2) is 8.14. The summed E-state index contributed by atoms with van der Waals surface area (Å²) in [4.78, 5) is 35.6. The molecule has 0 heterocycles. The summed E-state index contributed by atoms with van der Waals surface area (Å²) in [6.45, 7) is -0.400. The van der Waals surface area contributed by atoms with Crippen LogP contribution in [0.15, 0.2) is 66.7 Å². The first kappa shape index (κ1) is 18.1. The van der Waals surface area contributed by atoms with Crippen molar-refractivity contribution in [2.75, 3.05) is 19.0 Å². The Balaban J connectivity index is 1.56. The summed E-state index contributed by atoms with van der Waals surface area (Å²) in [5.41, 5.74) is 1.38. The van der Waals surface area contributed by atoms with Gasteiger partial charge in [0.1, 0.15) is 0 Å². The molecule has 0 aromatic heterocycles. The third-order valence-electron chi connectivity index (χ3n) is 3.98. The van der Waals surface area contributed by atoms with Gasteiger partial charge in [-0.1, -0.05) is 30.3 Å². The van der Waals surface area contributed by atoms with Crippen LogP contribution >= 0.6 is 0 Å². The van der Waals surface area contributed by atoms with Gasteiger partial charge in [0.15, 0.2) is 6.61 Å². The molecular formula is C21H18N2O4. The molecular weight excluding hydrogens is 344 g/mol. The Morgan fingerprint density at radius 3 is 2.22 bits per heavy atom. The number of rotatable bonds is 5. The van der Waals surface area contributed by atoms with Gasteiger partial charge in [-0.15, -0.1) is 0 Å². The van der Waals surface area contributed by atoms with E-state index in [4.69, 9.17) is 4.74 Å². The van der Waals surface area contributed by atoms with Gasteiger partial charge in [0, 0.05) is 18.3 Å². The van der Waals surface area contributed by atoms with E-state index in [1.807, 2.05) is 30.3 Å². The SMILES string of the molecule is CNC(=O)c1ccc(NC(=O)COC(=O)c2ccc3ccccc3c2)cc1. The smallest absolute Gasteiger partial charge is 0.338 e. The van der Waals surface area contributed by atoms with Gasteiger partial charge in [-0.25, -0.2) is 4.79 Å². The fraction of sp³-hybridized carbons (Fsp3) is 0.0952. The van der Waals surface area contributed by atoms with E-state index in [0.717, 1.165) is 10.8 Å². The maximum Gasteiger partial charge on any atom is 0.338 e. The van der Waals surface area contributed by atoms with Crippen LogP contribution in [0.4, 0.5) is 5.69 Å². The van der Waals surface area contributed by atoms with Gasteiger partial charge in [-0.3, -0.25) is 9.59 Å². The molecule has 0 aliphatic rings. The van der Waals surface area contributed by atoms with Gasteiger partial charge >= 0.3 is 5.97 Å². The molecule has 3 aromatic rings. The molecule has 6 nitrogen and oxygen atoms in total. The molecule has 0 unspecified atom stereocenters. The van der Waals surface area contributed by atoms with E-state index in [9.17, 15) is 14.4 Å². The average molecular weight is 362 g/mol. The summed E-state index contributed by atoms with van der Waals surface area (Å²) in [7, 11) is 1.54. The average Bonchev–Trinajstić information content (AvgIpc) is 2.71. The predicted molar refractivity (Wildman–Crippen MR) is 103 cm³/mol. The lowest BCUT2D eigenvalue weighted by atomic mass is 10.1. The lowest BCUT2D eigenvalue weighted by Gasteiger charge is -2.08. The molecule has 2 N–H and O–H groups in total. The molecule has 27 heavy (non-hydrogen) atoms. The lowest BCUT2D eigenvalue weighted by Crippen LogP contribution is -2.21. The molecule has 0 aliphatic carbocycles. The molecule has 0 bridgehead atoms. The second-order valence-electron chi connectivity index (χ2n) is 5.84. The van der Waals surface area contributed by atoms with Gasteiger partial charge in [0.25, 0.3) is 11.8 Å². The zero-order valence-corrected chi connectivity index (χ0v) is 14.7. The number of hydrogen-bond acceptors (Lipinski definition) is 4. The minimum atomic E-state index is -0.564. The van der Waals surface area contributed by atoms with Crippen LogP contribution in [0.3, 0.4) is 0 Å². The summed E-state index contributed by atoms with van der Waals surface area (Å²) >= 11 is 0. The molecule has 2 amide bonds. The molecule has 0 fully saturated rings. The van der Waals surface area contributed by atoms with E-state index in [0.29, 0.717) is 16.8 Å². The van der Waals surface area contributed by atoms with E-state index < -0.39 is 18.5 Å². The Bertz CT molecular complexity index is 996. The van der Waals surface area contributed by atoms with Crippen molar-refractivity contribution in [2.45, 2.75) is 0 Å². The number of nitrogens with one attached hydrogen (secondary N) is 2. The van der Waals surface area contributed by atoms with Crippen LogP contribution in [0, 0.1) is 0 Å². The van der Waals surface area contributed by atoms with Crippen LogP contribution in [0.2, 0.25) is 0 Å². The van der Waals surface area contributed by atoms with Crippen molar-refractivity contribution in [2.24, 2.45) is 0 Å². The first-order valence-electron chi connectivity index (χ1n) is 8.35. The van der Waals surface area contributed by atoms with Crippen molar-refractivity contribution >= 4 is 34.2 Å². The van der Waals surface area contributed by atoms with Crippen molar-refractivity contribution in [1.29, 1.82) is 0 Å². The molecule has 0 saturated heterocycles. The standard InChI is InChI=1S/C21H18N2O4/c1-22-20(25)15-8-10-18(11-9-15)23-19(24)13-27-21(26)17-7-6-14-4-2-3-5-16(14)12-17/h2-12H,13H2,1H3,(H,22,25)(H,23,24). The van der Waals surface area contributed by atoms with Gasteiger partial charge < -0.3 is 15.4 Å². The zero-order chi connectivity index (χ0) is 19.2. The third-order valence-corrected chi connectivity index (χ3v) is 3.98. The minimum Gasteiger partial charge on any atom is -0.452 e. The topological polar surface area (TPSA) is 84.5 Å². The Labute approximate surface area is 156 Å². The van der Waals surface area contributed by atoms with Gasteiger partial charge in [0.05, 0.1) is 5.56 Å². The molecule has 3 aromatic carbocycles. The van der Waals surface area contributed by atoms with E-state index in [1.165, 1.54) is 0 Å². The van der Waals surface area contributed by atoms with Crippen LogP contribution < -0.4 is 10.6 Å². The normalized spacial score (nSPS) is 10.3. The summed E-state index contributed by atoms with van der Waals surface area (Å²) in [5.74, 6) is -1.24. The van der Waals surface area contributed by atoms with Crippen LogP contribution in [-0.4, -0.2) is 31.4 Å². The zero-order valence-electron chi connectivity index (χ0n) is 14.7. The summed E-state index contributed by atoms with van der Waals surface area (Å²) in [6.07, 6.45) is 0. The fourth-order valence-corrected chi connectivity index (χ4v) is 2.58. The Morgan fingerprint density at radius 2 is 1.52 bits per heavy atom. The molecule has 136 valence electrons. The van der Waals surface area contributed by atoms with Crippen LogP contribution in [0.25, 0.3) is 10.8 Å². The van der Waals surface area contributed by atoms with Crippen molar-refractivity contribution in [1.82, 2.24) is 5.32 Å². The maximum absolute atomic E-state index is 12.2. The number of anilines is 1. The number of amides is 2. The van der Waals surface area contributed by atoms with E-state index in [1.54, 1.807) is 43.4 Å². The minimum absolute atomic E-state index is 0.211. The second-order valence-corrected chi connectivity index (χ2v) is 5.84. The number of fused-ring (bicyclic) bond motifs is 1. The monoisotopic (exact) mass is 362 g/mol. The molecule has 6 heteroatoms. The van der Waals surface area contributed by atoms with Crippen LogP contribution in [-0.2, 0) is 9.53 Å². The van der Waals surface area contributed by atoms with Gasteiger partial charge in [0.2, 0.25) is 0 Å². The molecule has 0 spiro atoms. The number of esters is 1. The molecule has 0 radical (unpaired) electrons. The number of carbonyl (C=O) groups excluding carboxylic acids is 3. The number of ether oxygens (including phenoxy) is 1. The van der Waals surface area contributed by atoms with Crippen molar-refractivity contribution in [3.63, 3.8) is 0 Å². The Morgan fingerprint density at radius 1 is 0.852 bits per heavy atom. The third kappa shape index (κ3) is 4.49. The van der Waals surface area contributed by atoms with Crippen molar-refractivity contribution < 1.29 is 19.1 Å². The molecule has 0 saturated carbocycles. The van der Waals surface area contributed by atoms with Gasteiger partial charge in [-0.2, -0.15) is 0 Å². The largest absolute Gasteiger partial charge is 0.452 e. The highest BCUT2D eigenvalue weighted by Gasteiger charge is 2.11. The Kier molecular flexibility index (Phi) is 5.47. The summed E-state index contributed by atoms with van der Waals surface area (Å²) in [6, 6.07) is 19.3. The first-order chi connectivity index (χ1) is 13.1.